The lowest BCUT2D eigenvalue weighted by Gasteiger charge is -2.07. The Bertz CT molecular complexity index is 505. The number of nitrogens with one attached hydrogen (secondary N) is 1. The van der Waals surface area contributed by atoms with Crippen LogP contribution in [0.15, 0.2) is 49.5 Å². The maximum atomic E-state index is 5.07. The molecule has 0 unspecified atom stereocenters. The number of hydrogen-bond acceptors (Lipinski definition) is 3. The van der Waals surface area contributed by atoms with Crippen LogP contribution in [0.1, 0.15) is 12.0 Å². The molecule has 0 aliphatic heterocycles. The predicted molar refractivity (Wildman–Crippen MR) is 74.2 cm³/mol. The Kier molecular flexibility index (Phi) is 4.73. The molecule has 18 heavy (non-hydrogen) atoms. The molecular formula is C15H18N2O. The Hall–Kier alpha value is -1.87. The first kappa shape index (κ1) is 12.6. The summed E-state index contributed by atoms with van der Waals surface area (Å²) < 4.78 is 5.07. The van der Waals surface area contributed by atoms with Gasteiger partial charge >= 0.3 is 0 Å². The number of pyridine rings is 1. The zero-order valence-corrected chi connectivity index (χ0v) is 10.4. The number of hydrogen-bond donors (Lipinski definition) is 1. The van der Waals surface area contributed by atoms with Gasteiger partial charge in [0.1, 0.15) is 0 Å². The molecule has 0 amide bonds. The number of rotatable bonds is 7. The molecule has 2 aromatic rings. The van der Waals surface area contributed by atoms with Crippen molar-refractivity contribution in [3.8, 4) is 0 Å². The van der Waals surface area contributed by atoms with E-state index in [1.807, 2.05) is 18.5 Å². The van der Waals surface area contributed by atoms with Crippen LogP contribution >= 0.6 is 0 Å². The quantitative estimate of drug-likeness (QED) is 0.599. The first-order chi connectivity index (χ1) is 8.92. The van der Waals surface area contributed by atoms with Gasteiger partial charge in [0, 0.05) is 24.3 Å². The summed E-state index contributed by atoms with van der Waals surface area (Å²) in [6.07, 6.45) is 6.28. The van der Waals surface area contributed by atoms with Crippen molar-refractivity contribution in [2.75, 3.05) is 13.2 Å². The van der Waals surface area contributed by atoms with Crippen LogP contribution in [0.5, 0.6) is 0 Å². The Labute approximate surface area is 107 Å². The van der Waals surface area contributed by atoms with Crippen molar-refractivity contribution in [1.29, 1.82) is 0 Å². The fraction of sp³-hybridized carbons (Fsp3) is 0.267. The highest BCUT2D eigenvalue weighted by molar-refractivity contribution is 5.84. The van der Waals surface area contributed by atoms with Crippen molar-refractivity contribution in [2.24, 2.45) is 0 Å². The minimum Gasteiger partial charge on any atom is -0.502 e. The van der Waals surface area contributed by atoms with Gasteiger partial charge in [0.05, 0.1) is 12.9 Å². The Morgan fingerprint density at radius 3 is 3.06 bits per heavy atom. The van der Waals surface area contributed by atoms with E-state index in [0.29, 0.717) is 6.61 Å². The van der Waals surface area contributed by atoms with Crippen molar-refractivity contribution in [2.45, 2.75) is 13.0 Å². The van der Waals surface area contributed by atoms with Crippen LogP contribution in [0.4, 0.5) is 0 Å². The Morgan fingerprint density at radius 2 is 2.17 bits per heavy atom. The van der Waals surface area contributed by atoms with E-state index < -0.39 is 0 Å². The van der Waals surface area contributed by atoms with Crippen molar-refractivity contribution in [3.63, 3.8) is 0 Å². The molecule has 1 heterocycles. The summed E-state index contributed by atoms with van der Waals surface area (Å²) in [5, 5.41) is 5.85. The van der Waals surface area contributed by atoms with Gasteiger partial charge in [-0.15, -0.1) is 0 Å². The fourth-order valence-electron chi connectivity index (χ4n) is 1.91. The number of ether oxygens (including phenoxy) is 1. The zero-order chi connectivity index (χ0) is 12.6. The van der Waals surface area contributed by atoms with E-state index in [4.69, 9.17) is 4.74 Å². The summed E-state index contributed by atoms with van der Waals surface area (Å²) in [5.41, 5.74) is 1.23. The van der Waals surface area contributed by atoms with Crippen LogP contribution in [0.2, 0.25) is 0 Å². The van der Waals surface area contributed by atoms with Gasteiger partial charge in [-0.2, -0.15) is 0 Å². The average molecular weight is 242 g/mol. The first-order valence-electron chi connectivity index (χ1n) is 6.16. The van der Waals surface area contributed by atoms with Gasteiger partial charge in [-0.1, -0.05) is 30.8 Å². The maximum Gasteiger partial charge on any atom is 0.0885 e. The van der Waals surface area contributed by atoms with Crippen LogP contribution in [-0.2, 0) is 11.3 Å². The normalized spacial score (nSPS) is 10.4. The van der Waals surface area contributed by atoms with E-state index in [1.54, 1.807) is 0 Å². The van der Waals surface area contributed by atoms with Crippen LogP contribution < -0.4 is 5.32 Å². The number of nitrogens with zero attached hydrogens (tertiary/aromatic N) is 1. The van der Waals surface area contributed by atoms with E-state index in [0.717, 1.165) is 19.5 Å². The van der Waals surface area contributed by atoms with Crippen LogP contribution in [-0.4, -0.2) is 18.1 Å². The van der Waals surface area contributed by atoms with Crippen LogP contribution in [0.3, 0.4) is 0 Å². The zero-order valence-electron chi connectivity index (χ0n) is 10.4. The van der Waals surface area contributed by atoms with E-state index in [2.05, 4.69) is 35.1 Å². The highest BCUT2D eigenvalue weighted by atomic mass is 16.5. The van der Waals surface area contributed by atoms with Crippen molar-refractivity contribution >= 4 is 10.8 Å². The minimum atomic E-state index is 0.713. The third-order valence-corrected chi connectivity index (χ3v) is 2.80. The molecule has 0 spiro atoms. The number of aromatic nitrogens is 1. The Balaban J connectivity index is 1.89. The van der Waals surface area contributed by atoms with Gasteiger partial charge in [-0.25, -0.2) is 0 Å². The highest BCUT2D eigenvalue weighted by Crippen LogP contribution is 2.16. The average Bonchev–Trinajstić information content (AvgIpc) is 2.43. The molecular weight excluding hydrogens is 224 g/mol. The monoisotopic (exact) mass is 242 g/mol. The van der Waals surface area contributed by atoms with E-state index in [1.165, 1.54) is 22.6 Å². The van der Waals surface area contributed by atoms with E-state index in [9.17, 15) is 0 Å². The van der Waals surface area contributed by atoms with Crippen LogP contribution in [0, 0.1) is 0 Å². The molecule has 0 fully saturated rings. The molecule has 0 radical (unpaired) electrons. The second kappa shape index (κ2) is 6.77. The molecule has 2 rings (SSSR count). The third-order valence-electron chi connectivity index (χ3n) is 2.80. The lowest BCUT2D eigenvalue weighted by molar-refractivity contribution is 0.244. The summed E-state index contributed by atoms with van der Waals surface area (Å²) in [4.78, 5) is 4.26. The van der Waals surface area contributed by atoms with Gasteiger partial charge in [-0.3, -0.25) is 4.98 Å². The smallest absolute Gasteiger partial charge is 0.0885 e. The molecule has 94 valence electrons. The summed E-state index contributed by atoms with van der Waals surface area (Å²) in [6, 6.07) is 8.32. The largest absolute Gasteiger partial charge is 0.502 e. The fourth-order valence-corrected chi connectivity index (χ4v) is 1.91. The molecule has 3 heteroatoms. The minimum absolute atomic E-state index is 0.713. The van der Waals surface area contributed by atoms with Crippen molar-refractivity contribution in [3.05, 3.63) is 55.1 Å². The summed E-state index contributed by atoms with van der Waals surface area (Å²) in [7, 11) is 0. The molecule has 1 aromatic heterocycles. The molecule has 3 nitrogen and oxygen atoms in total. The van der Waals surface area contributed by atoms with Gasteiger partial charge in [0.25, 0.3) is 0 Å². The lowest BCUT2D eigenvalue weighted by Crippen LogP contribution is -2.16. The molecule has 0 atom stereocenters. The summed E-state index contributed by atoms with van der Waals surface area (Å²) >= 11 is 0. The number of benzene rings is 1. The SMILES string of the molecule is C=COCCCNCc1cncc2ccccc12. The van der Waals surface area contributed by atoms with Gasteiger partial charge in [0.15, 0.2) is 0 Å². The Morgan fingerprint density at radius 1 is 1.28 bits per heavy atom. The van der Waals surface area contributed by atoms with Crippen molar-refractivity contribution in [1.82, 2.24) is 10.3 Å². The number of fused-ring (bicyclic) bond motifs is 1. The standard InChI is InChI=1S/C15H18N2O/c1-2-18-9-5-8-16-11-14-12-17-10-13-6-3-4-7-15(13)14/h2-4,6-7,10,12,16H,1,5,8-9,11H2. The van der Waals surface area contributed by atoms with E-state index >= 15 is 0 Å². The van der Waals surface area contributed by atoms with Gasteiger partial charge in [0.2, 0.25) is 0 Å². The molecule has 0 aliphatic carbocycles. The highest BCUT2D eigenvalue weighted by Gasteiger charge is 2.00. The second-order valence-corrected chi connectivity index (χ2v) is 4.09. The maximum absolute atomic E-state index is 5.07. The summed E-state index contributed by atoms with van der Waals surface area (Å²) in [5.74, 6) is 0. The van der Waals surface area contributed by atoms with Gasteiger partial charge < -0.3 is 10.1 Å². The molecule has 0 saturated carbocycles. The van der Waals surface area contributed by atoms with E-state index in [-0.39, 0.29) is 0 Å². The topological polar surface area (TPSA) is 34.1 Å². The first-order valence-corrected chi connectivity index (χ1v) is 6.16. The van der Waals surface area contributed by atoms with Gasteiger partial charge in [-0.05, 0) is 23.9 Å². The molecule has 0 aliphatic rings. The van der Waals surface area contributed by atoms with Crippen LogP contribution in [0.25, 0.3) is 10.8 Å². The van der Waals surface area contributed by atoms with Crippen molar-refractivity contribution < 1.29 is 4.74 Å². The third kappa shape index (κ3) is 3.31. The second-order valence-electron chi connectivity index (χ2n) is 4.09. The molecule has 1 aromatic carbocycles. The molecule has 1 N–H and O–H groups in total. The predicted octanol–water partition coefficient (Wildman–Crippen LogP) is 2.87. The lowest BCUT2D eigenvalue weighted by atomic mass is 10.1. The molecule has 0 saturated heterocycles. The molecule has 0 bridgehead atoms. The summed E-state index contributed by atoms with van der Waals surface area (Å²) in [6.45, 7) is 5.99.